The van der Waals surface area contributed by atoms with Crippen molar-refractivity contribution in [1.29, 1.82) is 0 Å². The lowest BCUT2D eigenvalue weighted by molar-refractivity contribution is -0.145. The number of hydrogen-bond acceptors (Lipinski definition) is 7. The monoisotopic (exact) mass is 501 g/mol. The highest BCUT2D eigenvalue weighted by Gasteiger charge is 2.33. The van der Waals surface area contributed by atoms with Gasteiger partial charge in [-0.2, -0.15) is 0 Å². The molecule has 0 aliphatic heterocycles. The molecule has 6 atom stereocenters. The smallest absolute Gasteiger partial charge is 0.328 e. The van der Waals surface area contributed by atoms with Crippen molar-refractivity contribution in [3.63, 3.8) is 0 Å². The molecule has 0 spiro atoms. The van der Waals surface area contributed by atoms with E-state index in [0.29, 0.717) is 25.8 Å². The number of carbonyl (C=O) groups excluding carboxylic acids is 3. The maximum Gasteiger partial charge on any atom is 0.328 e. The quantitative estimate of drug-likeness (QED) is 0.0688. The van der Waals surface area contributed by atoms with Crippen LogP contribution in [0.5, 0.6) is 0 Å². The van der Waals surface area contributed by atoms with Crippen molar-refractivity contribution >= 4 is 29.7 Å². The zero-order valence-electron chi connectivity index (χ0n) is 21.3. The van der Waals surface area contributed by atoms with Crippen LogP contribution in [0.3, 0.4) is 0 Å². The number of aliphatic hydroxyl groups is 1. The Bertz CT molecular complexity index is 740. The summed E-state index contributed by atoms with van der Waals surface area (Å²) in [4.78, 5) is 53.7. The molecular weight excluding hydrogens is 458 g/mol. The number of aliphatic imine (C=N–C) groups is 1. The number of nitrogens with two attached hydrogens (primary N) is 3. The summed E-state index contributed by atoms with van der Waals surface area (Å²) >= 11 is 0. The Morgan fingerprint density at radius 1 is 0.914 bits per heavy atom. The molecule has 0 aromatic carbocycles. The number of amides is 3. The number of aliphatic carboxylic acids is 1. The second-order valence-electron chi connectivity index (χ2n) is 9.18. The summed E-state index contributed by atoms with van der Waals surface area (Å²) in [5, 5.41) is 26.5. The van der Waals surface area contributed by atoms with Gasteiger partial charge in [0.05, 0.1) is 12.1 Å². The first-order valence-electron chi connectivity index (χ1n) is 11.8. The van der Waals surface area contributed by atoms with Crippen LogP contribution in [-0.4, -0.2) is 76.7 Å². The molecule has 0 aromatic rings. The first-order valence-corrected chi connectivity index (χ1v) is 11.8. The van der Waals surface area contributed by atoms with Crippen LogP contribution in [0.1, 0.15) is 60.3 Å². The van der Waals surface area contributed by atoms with Gasteiger partial charge >= 0.3 is 5.97 Å². The number of aliphatic hydroxyl groups excluding tert-OH is 1. The van der Waals surface area contributed by atoms with Gasteiger partial charge in [0.25, 0.3) is 0 Å². The Balaban J connectivity index is 5.44. The summed E-state index contributed by atoms with van der Waals surface area (Å²) in [6.45, 7) is 8.86. The maximum absolute atomic E-state index is 13.1. The van der Waals surface area contributed by atoms with Crippen LogP contribution < -0.4 is 33.2 Å². The Morgan fingerprint density at radius 2 is 1.49 bits per heavy atom. The number of rotatable bonds is 16. The van der Waals surface area contributed by atoms with Gasteiger partial charge in [0, 0.05) is 6.54 Å². The van der Waals surface area contributed by atoms with E-state index in [1.807, 2.05) is 20.8 Å². The molecule has 3 amide bonds. The van der Waals surface area contributed by atoms with Crippen molar-refractivity contribution < 1.29 is 29.4 Å². The second-order valence-corrected chi connectivity index (χ2v) is 9.18. The average molecular weight is 502 g/mol. The molecule has 0 rings (SSSR count). The molecule has 0 heterocycles. The van der Waals surface area contributed by atoms with Gasteiger partial charge in [-0.1, -0.05) is 34.1 Å². The Hall–Kier alpha value is -2.93. The molecule has 11 N–H and O–H groups in total. The molecule has 0 fully saturated rings. The number of guanidine groups is 1. The zero-order chi connectivity index (χ0) is 27.3. The van der Waals surface area contributed by atoms with E-state index in [2.05, 4.69) is 20.9 Å². The highest BCUT2D eigenvalue weighted by atomic mass is 16.4. The number of carboxylic acids is 1. The molecule has 202 valence electrons. The molecule has 0 saturated carbocycles. The van der Waals surface area contributed by atoms with Gasteiger partial charge in [-0.25, -0.2) is 4.79 Å². The Kier molecular flexibility index (Phi) is 14.5. The van der Waals surface area contributed by atoms with Gasteiger partial charge in [0.15, 0.2) is 12.0 Å². The Labute approximate surface area is 206 Å². The molecule has 13 nitrogen and oxygen atoms in total. The number of carboxylic acid groups (broad SMARTS) is 1. The van der Waals surface area contributed by atoms with E-state index in [4.69, 9.17) is 17.2 Å². The van der Waals surface area contributed by atoms with Gasteiger partial charge in [-0.3, -0.25) is 19.4 Å². The fourth-order valence-electron chi connectivity index (χ4n) is 3.22. The molecule has 6 unspecified atom stereocenters. The molecule has 13 heteroatoms. The van der Waals surface area contributed by atoms with Crippen LogP contribution >= 0.6 is 0 Å². The lowest BCUT2D eigenvalue weighted by Crippen LogP contribution is -2.59. The summed E-state index contributed by atoms with van der Waals surface area (Å²) in [7, 11) is 0. The normalized spacial score (nSPS) is 16.2. The van der Waals surface area contributed by atoms with Crippen molar-refractivity contribution in [3.8, 4) is 0 Å². The van der Waals surface area contributed by atoms with Crippen molar-refractivity contribution in [2.45, 2.75) is 90.6 Å². The van der Waals surface area contributed by atoms with Crippen LogP contribution in [0, 0.1) is 11.8 Å². The lowest BCUT2D eigenvalue weighted by atomic mass is 9.96. The third-order valence-electron chi connectivity index (χ3n) is 5.48. The third-order valence-corrected chi connectivity index (χ3v) is 5.48. The first-order chi connectivity index (χ1) is 16.2. The number of nitrogens with zero attached hydrogens (tertiary/aromatic N) is 1. The second kappa shape index (κ2) is 15.9. The lowest BCUT2D eigenvalue weighted by Gasteiger charge is -2.28. The fourth-order valence-corrected chi connectivity index (χ4v) is 3.22. The van der Waals surface area contributed by atoms with Crippen LogP contribution in [0.4, 0.5) is 0 Å². The summed E-state index contributed by atoms with van der Waals surface area (Å²) in [6, 6.07) is -4.46. The zero-order valence-corrected chi connectivity index (χ0v) is 21.3. The van der Waals surface area contributed by atoms with Crippen molar-refractivity contribution in [2.75, 3.05) is 6.54 Å². The van der Waals surface area contributed by atoms with Crippen LogP contribution in [-0.2, 0) is 19.2 Å². The van der Waals surface area contributed by atoms with Gasteiger partial charge in [0.2, 0.25) is 17.7 Å². The third kappa shape index (κ3) is 12.4. The molecule has 0 aliphatic carbocycles. The van der Waals surface area contributed by atoms with Crippen LogP contribution in [0.15, 0.2) is 4.99 Å². The van der Waals surface area contributed by atoms with Gasteiger partial charge < -0.3 is 43.4 Å². The van der Waals surface area contributed by atoms with Crippen molar-refractivity contribution in [1.82, 2.24) is 16.0 Å². The highest BCUT2D eigenvalue weighted by Crippen LogP contribution is 2.12. The molecule has 0 radical (unpaired) electrons. The number of carbonyl (C=O) groups is 4. The van der Waals surface area contributed by atoms with E-state index < -0.39 is 54.0 Å². The standard InChI is InChI=1S/C22H43N7O6/c1-6-12(4)16(28-18(31)14(23)8-7-9-26-22(24)25)20(33)27-15(10-11(2)3)19(32)29-17(13(5)30)21(34)35/h11-17,30H,6-10,23H2,1-5H3,(H,27,33)(H,28,31)(H,29,32)(H,34,35)(H4,24,25,26). The first kappa shape index (κ1) is 32.1. The molecule has 0 aliphatic rings. The van der Waals surface area contributed by atoms with E-state index in [1.54, 1.807) is 6.92 Å². The summed E-state index contributed by atoms with van der Waals surface area (Å²) in [5.74, 6) is -3.62. The topological polar surface area (TPSA) is 235 Å². The molecule has 0 saturated heterocycles. The summed E-state index contributed by atoms with van der Waals surface area (Å²) in [5.41, 5.74) is 16.5. The van der Waals surface area contributed by atoms with E-state index in [1.165, 1.54) is 6.92 Å². The SMILES string of the molecule is CCC(C)C(NC(=O)C(N)CCCN=C(N)N)C(=O)NC(CC(C)C)C(=O)NC(C(=O)O)C(C)O. The van der Waals surface area contributed by atoms with E-state index in [9.17, 15) is 29.4 Å². The number of nitrogens with one attached hydrogen (secondary N) is 3. The minimum absolute atomic E-state index is 0.0174. The van der Waals surface area contributed by atoms with E-state index in [0.717, 1.165) is 0 Å². The van der Waals surface area contributed by atoms with Crippen LogP contribution in [0.25, 0.3) is 0 Å². The molecule has 35 heavy (non-hydrogen) atoms. The molecule has 0 aromatic heterocycles. The van der Waals surface area contributed by atoms with Gasteiger partial charge in [-0.05, 0) is 38.0 Å². The average Bonchev–Trinajstić information content (AvgIpc) is 2.75. The van der Waals surface area contributed by atoms with Crippen molar-refractivity contribution in [3.05, 3.63) is 0 Å². The maximum atomic E-state index is 13.1. The minimum atomic E-state index is -1.53. The molecular formula is C22H43N7O6. The fraction of sp³-hybridized carbons (Fsp3) is 0.773. The van der Waals surface area contributed by atoms with Crippen molar-refractivity contribution in [2.24, 2.45) is 34.0 Å². The Morgan fingerprint density at radius 3 is 1.94 bits per heavy atom. The van der Waals surface area contributed by atoms with E-state index >= 15 is 0 Å². The summed E-state index contributed by atoms with van der Waals surface area (Å²) in [6.07, 6.45) is 0.202. The number of hydrogen-bond donors (Lipinski definition) is 8. The minimum Gasteiger partial charge on any atom is -0.480 e. The predicted molar refractivity (Wildman–Crippen MR) is 132 cm³/mol. The van der Waals surface area contributed by atoms with Crippen LogP contribution in [0.2, 0.25) is 0 Å². The van der Waals surface area contributed by atoms with E-state index in [-0.39, 0.29) is 24.2 Å². The summed E-state index contributed by atoms with van der Waals surface area (Å²) < 4.78 is 0. The van der Waals surface area contributed by atoms with Gasteiger partial charge in [0.1, 0.15) is 12.1 Å². The largest absolute Gasteiger partial charge is 0.480 e. The highest BCUT2D eigenvalue weighted by molar-refractivity contribution is 5.94. The predicted octanol–water partition coefficient (Wildman–Crippen LogP) is -1.62. The van der Waals surface area contributed by atoms with Gasteiger partial charge in [-0.15, -0.1) is 0 Å². The molecule has 0 bridgehead atoms.